The molecule has 19 heavy (non-hydrogen) atoms. The number of nitrogens with two attached hydrogens (primary N) is 1. The van der Waals surface area contributed by atoms with Gasteiger partial charge in [-0.05, 0) is 18.2 Å². The van der Waals surface area contributed by atoms with E-state index in [2.05, 4.69) is 10.6 Å². The van der Waals surface area contributed by atoms with Gasteiger partial charge in [0.2, 0.25) is 5.91 Å². The van der Waals surface area contributed by atoms with Crippen LogP contribution in [0.25, 0.3) is 0 Å². The molecule has 0 heterocycles. The van der Waals surface area contributed by atoms with E-state index < -0.39 is 11.7 Å². The van der Waals surface area contributed by atoms with Gasteiger partial charge in [0.25, 0.3) is 5.91 Å². The number of nitrogen functional groups attached to an aromatic ring is 1. The smallest absolute Gasteiger partial charge is 0.251 e. The lowest BCUT2D eigenvalue weighted by molar-refractivity contribution is -0.123. The number of carbonyl (C=O) groups is 2. The van der Waals surface area contributed by atoms with Gasteiger partial charge < -0.3 is 16.4 Å². The van der Waals surface area contributed by atoms with Crippen molar-refractivity contribution in [3.63, 3.8) is 0 Å². The zero-order chi connectivity index (χ0) is 14.4. The standard InChI is InChI=1S/C13H18FN3O2/c1-8(2)12(18)16-5-6-17-13(19)9-3-4-11(15)10(14)7-9/h3-4,7-8H,5-6,15H2,1-2H3,(H,16,18)(H,17,19). The van der Waals surface area contributed by atoms with Gasteiger partial charge in [0, 0.05) is 24.6 Å². The molecule has 0 unspecified atom stereocenters. The van der Waals surface area contributed by atoms with Crippen LogP contribution in [0.5, 0.6) is 0 Å². The van der Waals surface area contributed by atoms with Crippen molar-refractivity contribution in [2.75, 3.05) is 18.8 Å². The fraction of sp³-hybridized carbons (Fsp3) is 0.385. The number of carbonyl (C=O) groups excluding carboxylic acids is 2. The van der Waals surface area contributed by atoms with Gasteiger partial charge in [0.05, 0.1) is 5.69 Å². The van der Waals surface area contributed by atoms with Gasteiger partial charge in [-0.15, -0.1) is 0 Å². The fourth-order valence-corrected chi connectivity index (χ4v) is 1.34. The van der Waals surface area contributed by atoms with Gasteiger partial charge in [-0.2, -0.15) is 0 Å². The molecule has 1 rings (SSSR count). The summed E-state index contributed by atoms with van der Waals surface area (Å²) < 4.78 is 13.2. The highest BCUT2D eigenvalue weighted by molar-refractivity contribution is 5.94. The highest BCUT2D eigenvalue weighted by atomic mass is 19.1. The molecular weight excluding hydrogens is 249 g/mol. The van der Waals surface area contributed by atoms with Crippen molar-refractivity contribution in [1.29, 1.82) is 0 Å². The first-order valence-electron chi connectivity index (χ1n) is 6.02. The van der Waals surface area contributed by atoms with E-state index in [1.165, 1.54) is 12.1 Å². The molecular formula is C13H18FN3O2. The van der Waals surface area contributed by atoms with Crippen LogP contribution in [0.1, 0.15) is 24.2 Å². The maximum Gasteiger partial charge on any atom is 0.251 e. The second kappa shape index (κ2) is 6.72. The SMILES string of the molecule is CC(C)C(=O)NCCNC(=O)c1ccc(N)c(F)c1. The fourth-order valence-electron chi connectivity index (χ4n) is 1.34. The van der Waals surface area contributed by atoms with Gasteiger partial charge >= 0.3 is 0 Å². The summed E-state index contributed by atoms with van der Waals surface area (Å²) in [4.78, 5) is 22.9. The van der Waals surface area contributed by atoms with Crippen LogP contribution in [-0.2, 0) is 4.79 Å². The summed E-state index contributed by atoms with van der Waals surface area (Å²) >= 11 is 0. The van der Waals surface area contributed by atoms with Crippen LogP contribution in [0.4, 0.5) is 10.1 Å². The Hall–Kier alpha value is -2.11. The minimum Gasteiger partial charge on any atom is -0.396 e. The zero-order valence-electron chi connectivity index (χ0n) is 11.0. The van der Waals surface area contributed by atoms with Crippen LogP contribution in [0.15, 0.2) is 18.2 Å². The molecule has 4 N–H and O–H groups in total. The largest absolute Gasteiger partial charge is 0.396 e. The molecule has 0 aliphatic carbocycles. The van der Waals surface area contributed by atoms with E-state index in [0.29, 0.717) is 6.54 Å². The summed E-state index contributed by atoms with van der Waals surface area (Å²) in [6.07, 6.45) is 0. The Balaban J connectivity index is 2.39. The van der Waals surface area contributed by atoms with Crippen molar-refractivity contribution in [2.45, 2.75) is 13.8 Å². The third-order valence-corrected chi connectivity index (χ3v) is 2.50. The Kier molecular flexibility index (Phi) is 5.29. The summed E-state index contributed by atoms with van der Waals surface area (Å²) in [7, 11) is 0. The Morgan fingerprint density at radius 2 is 1.89 bits per heavy atom. The molecule has 0 bridgehead atoms. The predicted octanol–water partition coefficient (Wildman–Crippen LogP) is 0.910. The number of amides is 2. The number of hydrogen-bond donors (Lipinski definition) is 3. The lowest BCUT2D eigenvalue weighted by Crippen LogP contribution is -2.36. The third-order valence-electron chi connectivity index (χ3n) is 2.50. The summed E-state index contributed by atoms with van der Waals surface area (Å²) in [6, 6.07) is 3.86. The van der Waals surface area contributed by atoms with E-state index in [1.807, 2.05) is 0 Å². The predicted molar refractivity (Wildman–Crippen MR) is 71.0 cm³/mol. The average Bonchev–Trinajstić information content (AvgIpc) is 2.37. The van der Waals surface area contributed by atoms with E-state index in [4.69, 9.17) is 5.73 Å². The molecule has 2 amide bonds. The third kappa shape index (κ3) is 4.57. The van der Waals surface area contributed by atoms with Crippen LogP contribution in [0.3, 0.4) is 0 Å². The van der Waals surface area contributed by atoms with Gasteiger partial charge in [0.15, 0.2) is 0 Å². The highest BCUT2D eigenvalue weighted by Crippen LogP contribution is 2.11. The van der Waals surface area contributed by atoms with Crippen molar-refractivity contribution in [2.24, 2.45) is 5.92 Å². The highest BCUT2D eigenvalue weighted by Gasteiger charge is 2.09. The van der Waals surface area contributed by atoms with E-state index in [1.54, 1.807) is 13.8 Å². The Morgan fingerprint density at radius 3 is 2.47 bits per heavy atom. The van der Waals surface area contributed by atoms with Crippen molar-refractivity contribution in [3.05, 3.63) is 29.6 Å². The van der Waals surface area contributed by atoms with Crippen molar-refractivity contribution in [3.8, 4) is 0 Å². The number of hydrogen-bond acceptors (Lipinski definition) is 3. The van der Waals surface area contributed by atoms with E-state index in [9.17, 15) is 14.0 Å². The average molecular weight is 267 g/mol. The molecule has 0 aliphatic heterocycles. The maximum absolute atomic E-state index is 13.2. The Labute approximate surface area is 111 Å². The molecule has 1 aromatic carbocycles. The van der Waals surface area contributed by atoms with E-state index >= 15 is 0 Å². The minimum absolute atomic E-state index is 0.000691. The molecule has 5 nitrogen and oxygen atoms in total. The number of nitrogens with one attached hydrogen (secondary N) is 2. The number of anilines is 1. The van der Waals surface area contributed by atoms with Gasteiger partial charge in [-0.1, -0.05) is 13.8 Å². The van der Waals surface area contributed by atoms with Crippen molar-refractivity contribution in [1.82, 2.24) is 10.6 Å². The lowest BCUT2D eigenvalue weighted by atomic mass is 10.2. The van der Waals surface area contributed by atoms with Crippen LogP contribution < -0.4 is 16.4 Å². The maximum atomic E-state index is 13.2. The molecule has 104 valence electrons. The van der Waals surface area contributed by atoms with Crippen molar-refractivity contribution >= 4 is 17.5 Å². The number of rotatable bonds is 5. The van der Waals surface area contributed by atoms with Crippen LogP contribution >= 0.6 is 0 Å². The first kappa shape index (κ1) is 14.9. The topological polar surface area (TPSA) is 84.2 Å². The quantitative estimate of drug-likeness (QED) is 0.547. The first-order chi connectivity index (χ1) is 8.91. The molecule has 0 saturated heterocycles. The molecule has 0 fully saturated rings. The molecule has 0 aromatic heterocycles. The zero-order valence-corrected chi connectivity index (χ0v) is 11.0. The Morgan fingerprint density at radius 1 is 1.26 bits per heavy atom. The van der Waals surface area contributed by atoms with E-state index in [0.717, 1.165) is 6.07 Å². The van der Waals surface area contributed by atoms with Gasteiger partial charge in [-0.25, -0.2) is 4.39 Å². The number of halogens is 1. The Bertz CT molecular complexity index is 475. The molecule has 0 radical (unpaired) electrons. The first-order valence-corrected chi connectivity index (χ1v) is 6.02. The molecule has 0 atom stereocenters. The summed E-state index contributed by atoms with van der Waals surface area (Å²) in [5, 5.41) is 5.24. The molecule has 0 saturated carbocycles. The van der Waals surface area contributed by atoms with Crippen LogP contribution in [0.2, 0.25) is 0 Å². The second-order valence-electron chi connectivity index (χ2n) is 4.44. The normalized spacial score (nSPS) is 10.3. The summed E-state index contributed by atoms with van der Waals surface area (Å²) in [6.45, 7) is 4.18. The van der Waals surface area contributed by atoms with Crippen LogP contribution in [0, 0.1) is 11.7 Å². The molecule has 0 spiro atoms. The van der Waals surface area contributed by atoms with Crippen LogP contribution in [-0.4, -0.2) is 24.9 Å². The number of benzene rings is 1. The monoisotopic (exact) mass is 267 g/mol. The van der Waals surface area contributed by atoms with Gasteiger partial charge in [0.1, 0.15) is 5.82 Å². The molecule has 6 heteroatoms. The lowest BCUT2D eigenvalue weighted by Gasteiger charge is -2.09. The molecule has 1 aromatic rings. The molecule has 0 aliphatic rings. The summed E-state index contributed by atoms with van der Waals surface area (Å²) in [5.41, 5.74) is 5.51. The second-order valence-corrected chi connectivity index (χ2v) is 4.44. The summed E-state index contributed by atoms with van der Waals surface area (Å²) in [5.74, 6) is -1.20. The minimum atomic E-state index is -0.624. The van der Waals surface area contributed by atoms with Crippen molar-refractivity contribution < 1.29 is 14.0 Å². The van der Waals surface area contributed by atoms with Gasteiger partial charge in [-0.3, -0.25) is 9.59 Å². The van der Waals surface area contributed by atoms with E-state index in [-0.39, 0.29) is 29.6 Å².